The molecule has 1 aromatic carbocycles. The van der Waals surface area contributed by atoms with Crippen molar-refractivity contribution in [2.24, 2.45) is 0 Å². The van der Waals surface area contributed by atoms with Crippen LogP contribution in [-0.4, -0.2) is 21.1 Å². The van der Waals surface area contributed by atoms with E-state index in [2.05, 4.69) is 5.43 Å². The van der Waals surface area contributed by atoms with Gasteiger partial charge in [0.15, 0.2) is 4.32 Å². The van der Waals surface area contributed by atoms with Crippen molar-refractivity contribution in [1.29, 1.82) is 0 Å². The van der Waals surface area contributed by atoms with Crippen molar-refractivity contribution in [3.8, 4) is 0 Å². The lowest BCUT2D eigenvalue weighted by atomic mass is 10.1. The highest BCUT2D eigenvalue weighted by molar-refractivity contribution is 8.26. The average Bonchev–Trinajstić information content (AvgIpc) is 3.21. The highest BCUT2D eigenvalue weighted by Gasteiger charge is 2.33. The molecule has 1 aliphatic rings. The first-order chi connectivity index (χ1) is 12.0. The molecule has 1 aliphatic heterocycles. The minimum absolute atomic E-state index is 0.314. The number of carbonyl (C=O) groups excluding carboxylic acids is 2. The summed E-state index contributed by atoms with van der Waals surface area (Å²) >= 11 is 7.70. The predicted octanol–water partition coefficient (Wildman–Crippen LogP) is 4.24. The number of amides is 2. The van der Waals surface area contributed by atoms with Gasteiger partial charge in [-0.3, -0.25) is 15.0 Å². The van der Waals surface area contributed by atoms with Crippen LogP contribution in [0.2, 0.25) is 0 Å². The van der Waals surface area contributed by atoms with Crippen molar-refractivity contribution in [3.63, 3.8) is 0 Å². The molecule has 0 spiro atoms. The number of thiocarbonyl (C=S) groups is 1. The van der Waals surface area contributed by atoms with Crippen LogP contribution in [0.15, 0.2) is 64.4 Å². The molecule has 0 atom stereocenters. The highest BCUT2D eigenvalue weighted by Crippen LogP contribution is 2.31. The van der Waals surface area contributed by atoms with Crippen molar-refractivity contribution in [1.82, 2.24) is 10.4 Å². The van der Waals surface area contributed by atoms with Gasteiger partial charge < -0.3 is 0 Å². The maximum Gasteiger partial charge on any atom is 0.285 e. The number of thioether (sulfide) groups is 1. The van der Waals surface area contributed by atoms with E-state index in [1.165, 1.54) is 23.1 Å². The summed E-state index contributed by atoms with van der Waals surface area (Å²) in [4.78, 5) is 25.7. The summed E-state index contributed by atoms with van der Waals surface area (Å²) in [7, 11) is 0. The Balaban J connectivity index is 1.74. The lowest BCUT2D eigenvalue weighted by Crippen LogP contribution is -2.44. The van der Waals surface area contributed by atoms with Gasteiger partial charge in [0.2, 0.25) is 0 Å². The lowest BCUT2D eigenvalue weighted by Gasteiger charge is -2.14. The van der Waals surface area contributed by atoms with Crippen LogP contribution in [0.1, 0.15) is 22.2 Å². The highest BCUT2D eigenvalue weighted by atomic mass is 32.2. The summed E-state index contributed by atoms with van der Waals surface area (Å²) in [6.45, 7) is 1.92. The first-order valence-corrected chi connectivity index (χ1v) is 9.51. The Morgan fingerprint density at radius 3 is 2.64 bits per heavy atom. The average molecular weight is 387 g/mol. The number of thiophene rings is 1. The second-order valence-electron chi connectivity index (χ2n) is 5.23. The van der Waals surface area contributed by atoms with Gasteiger partial charge in [0.25, 0.3) is 11.8 Å². The molecule has 3 rings (SSSR count). The minimum Gasteiger partial charge on any atom is -0.266 e. The van der Waals surface area contributed by atoms with E-state index in [1.54, 1.807) is 23.6 Å². The zero-order chi connectivity index (χ0) is 17.8. The molecule has 0 saturated carbocycles. The maximum atomic E-state index is 12.5. The molecule has 1 N–H and O–H groups in total. The standard InChI is InChI=1S/C18H14N2O2S3/c1-12(10-13-6-3-2-4-7-13)11-15-17(22)20(18(23)25-15)19-16(21)14-8-5-9-24-14/h2-11H,1H3,(H,19,21)/b12-10+,15-11+. The second-order valence-corrected chi connectivity index (χ2v) is 7.86. The van der Waals surface area contributed by atoms with Crippen LogP contribution in [-0.2, 0) is 4.79 Å². The zero-order valence-corrected chi connectivity index (χ0v) is 15.7. The topological polar surface area (TPSA) is 49.4 Å². The van der Waals surface area contributed by atoms with E-state index in [-0.39, 0.29) is 11.8 Å². The van der Waals surface area contributed by atoms with Gasteiger partial charge in [0.1, 0.15) is 0 Å². The van der Waals surface area contributed by atoms with Crippen molar-refractivity contribution < 1.29 is 9.59 Å². The van der Waals surface area contributed by atoms with Crippen LogP contribution < -0.4 is 5.43 Å². The van der Waals surface area contributed by atoms with E-state index in [1.807, 2.05) is 43.3 Å². The fourth-order valence-electron chi connectivity index (χ4n) is 2.19. The first kappa shape index (κ1) is 17.6. The summed E-state index contributed by atoms with van der Waals surface area (Å²) in [6, 6.07) is 13.3. The number of hydrogen-bond donors (Lipinski definition) is 1. The van der Waals surface area contributed by atoms with Crippen LogP contribution >= 0.6 is 35.3 Å². The summed E-state index contributed by atoms with van der Waals surface area (Å²) in [6.07, 6.45) is 3.76. The Labute approximate surface area is 159 Å². The van der Waals surface area contributed by atoms with Crippen LogP contribution in [0, 0.1) is 0 Å². The molecular weight excluding hydrogens is 372 g/mol. The molecule has 0 bridgehead atoms. The zero-order valence-electron chi connectivity index (χ0n) is 13.3. The van der Waals surface area contributed by atoms with Crippen LogP contribution in [0.3, 0.4) is 0 Å². The van der Waals surface area contributed by atoms with E-state index >= 15 is 0 Å². The number of nitrogens with one attached hydrogen (secondary N) is 1. The lowest BCUT2D eigenvalue weighted by molar-refractivity contribution is -0.123. The molecule has 1 aromatic heterocycles. The van der Waals surface area contributed by atoms with Crippen LogP contribution in [0.4, 0.5) is 0 Å². The Kier molecular flexibility index (Phi) is 5.47. The van der Waals surface area contributed by atoms with Gasteiger partial charge in [-0.2, -0.15) is 5.01 Å². The van der Waals surface area contributed by atoms with Crippen molar-refractivity contribution in [2.75, 3.05) is 0 Å². The number of allylic oxidation sites excluding steroid dienone is 2. The fourth-order valence-corrected chi connectivity index (χ4v) is 4.03. The van der Waals surface area contributed by atoms with E-state index < -0.39 is 0 Å². The number of hydrogen-bond acceptors (Lipinski definition) is 5. The molecule has 7 heteroatoms. The second kappa shape index (κ2) is 7.77. The summed E-state index contributed by atoms with van der Waals surface area (Å²) in [5, 5.41) is 2.93. The van der Waals surface area contributed by atoms with Crippen molar-refractivity contribution in [3.05, 3.63) is 74.8 Å². The number of rotatable bonds is 4. The Morgan fingerprint density at radius 1 is 1.20 bits per heavy atom. The third-order valence-electron chi connectivity index (χ3n) is 3.30. The maximum absolute atomic E-state index is 12.5. The summed E-state index contributed by atoms with van der Waals surface area (Å²) < 4.78 is 0.314. The third kappa shape index (κ3) is 4.25. The Hall–Kier alpha value is -2.22. The van der Waals surface area contributed by atoms with Gasteiger partial charge in [0, 0.05) is 0 Å². The Morgan fingerprint density at radius 2 is 1.96 bits per heavy atom. The number of benzene rings is 1. The molecule has 1 saturated heterocycles. The van der Waals surface area contributed by atoms with E-state index in [4.69, 9.17) is 12.2 Å². The monoisotopic (exact) mass is 386 g/mol. The van der Waals surface area contributed by atoms with E-state index in [0.29, 0.717) is 14.1 Å². The summed E-state index contributed by atoms with van der Waals surface area (Å²) in [5.41, 5.74) is 4.55. The molecule has 2 heterocycles. The normalized spacial score (nSPS) is 16.6. The first-order valence-electron chi connectivity index (χ1n) is 7.40. The largest absolute Gasteiger partial charge is 0.285 e. The SMILES string of the molecule is CC(=C\c1ccccc1)/C=C1/SC(=S)N(NC(=O)c2cccs2)C1=O. The van der Waals surface area contributed by atoms with Crippen LogP contribution in [0.5, 0.6) is 0 Å². The van der Waals surface area contributed by atoms with Gasteiger partial charge in [0.05, 0.1) is 9.78 Å². The van der Waals surface area contributed by atoms with Gasteiger partial charge in [-0.15, -0.1) is 11.3 Å². The molecule has 1 fully saturated rings. The molecule has 2 aromatic rings. The smallest absolute Gasteiger partial charge is 0.266 e. The molecular formula is C18H14N2O2S3. The minimum atomic E-state index is -0.343. The van der Waals surface area contributed by atoms with Gasteiger partial charge in [-0.1, -0.05) is 54.2 Å². The Bertz CT molecular complexity index is 871. The molecule has 2 amide bonds. The van der Waals surface area contributed by atoms with Crippen molar-refractivity contribution in [2.45, 2.75) is 6.92 Å². The molecule has 25 heavy (non-hydrogen) atoms. The number of nitrogens with zero attached hydrogens (tertiary/aromatic N) is 1. The molecule has 4 nitrogen and oxygen atoms in total. The van der Waals surface area contributed by atoms with Crippen LogP contribution in [0.25, 0.3) is 6.08 Å². The molecule has 0 aliphatic carbocycles. The third-order valence-corrected chi connectivity index (χ3v) is 5.48. The number of hydrazine groups is 1. The van der Waals surface area contributed by atoms with E-state index in [9.17, 15) is 9.59 Å². The predicted molar refractivity (Wildman–Crippen MR) is 107 cm³/mol. The van der Waals surface area contributed by atoms with Gasteiger partial charge >= 0.3 is 0 Å². The molecule has 126 valence electrons. The van der Waals surface area contributed by atoms with Crippen molar-refractivity contribution >= 4 is 57.5 Å². The molecule has 0 unspecified atom stereocenters. The molecule has 0 radical (unpaired) electrons. The van der Waals surface area contributed by atoms with Gasteiger partial charge in [-0.05, 0) is 47.8 Å². The fraction of sp³-hybridized carbons (Fsp3) is 0.0556. The summed E-state index contributed by atoms with van der Waals surface area (Å²) in [5.74, 6) is -0.662. The van der Waals surface area contributed by atoms with E-state index in [0.717, 1.165) is 16.1 Å². The van der Waals surface area contributed by atoms with Gasteiger partial charge in [-0.25, -0.2) is 0 Å². The number of carbonyl (C=O) groups is 2. The quantitative estimate of drug-likeness (QED) is 0.631.